The fraction of sp³-hybridized carbons (Fsp3) is 0.875. The van der Waals surface area contributed by atoms with Crippen molar-refractivity contribution in [2.24, 2.45) is 0 Å². The van der Waals surface area contributed by atoms with Crippen LogP contribution in [0.25, 0.3) is 0 Å². The molecule has 1 aliphatic rings. The molecule has 0 radical (unpaired) electrons. The topological polar surface area (TPSA) is 68.2 Å². The quantitative estimate of drug-likeness (QED) is 0.507. The van der Waals surface area contributed by atoms with Gasteiger partial charge in [0.25, 0.3) is 0 Å². The number of nitrogens with zero attached hydrogens (tertiary/aromatic N) is 1. The molecule has 0 amide bonds. The number of carbonyl (C=O) groups is 1. The average Bonchev–Trinajstić information content (AvgIpc) is 2.11. The predicted molar refractivity (Wildman–Crippen MR) is 46.5 cm³/mol. The first kappa shape index (κ1) is 11.2. The second kappa shape index (κ2) is 5.79. The third-order valence-electron chi connectivity index (χ3n) is 1.82. The molecule has 0 aromatic rings. The molecule has 82 valence electrons. The Morgan fingerprint density at radius 3 is 2.57 bits per heavy atom. The Kier molecular flexibility index (Phi) is 4.64. The second-order valence-corrected chi connectivity index (χ2v) is 2.76. The molecule has 0 aromatic heterocycles. The molecule has 1 rings (SSSR count). The number of hydrogen-bond donors (Lipinski definition) is 1. The van der Waals surface area contributed by atoms with Crippen molar-refractivity contribution < 1.29 is 24.1 Å². The summed E-state index contributed by atoms with van der Waals surface area (Å²) in [5.41, 5.74) is 0. The van der Waals surface area contributed by atoms with Crippen LogP contribution in [-0.2, 0) is 14.2 Å². The Morgan fingerprint density at radius 2 is 2.07 bits per heavy atom. The van der Waals surface area contributed by atoms with E-state index >= 15 is 0 Å². The molecule has 0 saturated carbocycles. The van der Waals surface area contributed by atoms with Gasteiger partial charge < -0.3 is 19.3 Å². The normalized spacial score (nSPS) is 21.7. The molecule has 0 aliphatic carbocycles. The van der Waals surface area contributed by atoms with E-state index in [1.165, 1.54) is 0 Å². The molecule has 0 aromatic carbocycles. The van der Waals surface area contributed by atoms with Crippen molar-refractivity contribution in [2.45, 2.75) is 13.3 Å². The van der Waals surface area contributed by atoms with Gasteiger partial charge in [-0.15, -0.1) is 0 Å². The lowest BCUT2D eigenvalue weighted by Crippen LogP contribution is -2.43. The molecule has 14 heavy (non-hydrogen) atoms. The summed E-state index contributed by atoms with van der Waals surface area (Å²) in [5, 5.41) is 9.46. The van der Waals surface area contributed by atoms with Gasteiger partial charge >= 0.3 is 6.16 Å². The van der Waals surface area contributed by atoms with Gasteiger partial charge in [-0.05, 0) is 6.92 Å². The first-order valence-corrected chi connectivity index (χ1v) is 4.57. The number of cyclic esters (lactones) is 2. The van der Waals surface area contributed by atoms with Gasteiger partial charge in [0, 0.05) is 19.7 Å². The van der Waals surface area contributed by atoms with E-state index in [0.717, 1.165) is 0 Å². The summed E-state index contributed by atoms with van der Waals surface area (Å²) in [6.07, 6.45) is -1.61. The monoisotopic (exact) mass is 205 g/mol. The lowest BCUT2D eigenvalue weighted by Gasteiger charge is -2.28. The van der Waals surface area contributed by atoms with Crippen LogP contribution in [-0.4, -0.2) is 55.5 Å². The zero-order chi connectivity index (χ0) is 10.4. The predicted octanol–water partition coefficient (Wildman–Crippen LogP) is -0.232. The standard InChI is InChI=1S/C8H15NO5/c1-2-12-7(10)9-3-5-13-8(11)14-6-4-9/h7,10H,2-6H2,1H3. The number of ether oxygens (including phenoxy) is 3. The summed E-state index contributed by atoms with van der Waals surface area (Å²) in [5.74, 6) is 0. The van der Waals surface area contributed by atoms with Crippen molar-refractivity contribution in [1.82, 2.24) is 4.90 Å². The van der Waals surface area contributed by atoms with Crippen LogP contribution in [0.1, 0.15) is 6.92 Å². The van der Waals surface area contributed by atoms with Gasteiger partial charge in [-0.1, -0.05) is 0 Å². The highest BCUT2D eigenvalue weighted by Crippen LogP contribution is 2.01. The molecular formula is C8H15NO5. The van der Waals surface area contributed by atoms with Crippen LogP contribution in [0.5, 0.6) is 0 Å². The van der Waals surface area contributed by atoms with Crippen molar-refractivity contribution in [3.8, 4) is 0 Å². The lowest BCUT2D eigenvalue weighted by atomic mass is 10.5. The molecule has 1 fully saturated rings. The summed E-state index contributed by atoms with van der Waals surface area (Å²) < 4.78 is 14.3. The second-order valence-electron chi connectivity index (χ2n) is 2.76. The van der Waals surface area contributed by atoms with E-state index < -0.39 is 12.6 Å². The molecule has 1 unspecified atom stereocenters. The molecule has 6 nitrogen and oxygen atoms in total. The molecule has 1 heterocycles. The highest BCUT2D eigenvalue weighted by molar-refractivity contribution is 5.59. The van der Waals surface area contributed by atoms with E-state index in [-0.39, 0.29) is 13.2 Å². The van der Waals surface area contributed by atoms with Crippen LogP contribution in [0.3, 0.4) is 0 Å². The van der Waals surface area contributed by atoms with Gasteiger partial charge in [0.05, 0.1) is 0 Å². The van der Waals surface area contributed by atoms with Crippen molar-refractivity contribution in [2.75, 3.05) is 32.9 Å². The van der Waals surface area contributed by atoms with E-state index in [9.17, 15) is 9.90 Å². The van der Waals surface area contributed by atoms with Gasteiger partial charge in [-0.2, -0.15) is 0 Å². The van der Waals surface area contributed by atoms with E-state index in [2.05, 4.69) is 9.47 Å². The van der Waals surface area contributed by atoms with Crippen molar-refractivity contribution in [3.63, 3.8) is 0 Å². The number of carbonyl (C=O) groups excluding carboxylic acids is 1. The highest BCUT2D eigenvalue weighted by Gasteiger charge is 2.19. The Bertz CT molecular complexity index is 175. The van der Waals surface area contributed by atoms with Gasteiger partial charge in [-0.3, -0.25) is 0 Å². The largest absolute Gasteiger partial charge is 0.508 e. The Hall–Kier alpha value is -0.850. The van der Waals surface area contributed by atoms with Gasteiger partial charge in [0.1, 0.15) is 13.2 Å². The Balaban J connectivity index is 2.34. The molecular weight excluding hydrogens is 190 g/mol. The zero-order valence-corrected chi connectivity index (χ0v) is 8.14. The minimum Gasteiger partial charge on any atom is -0.433 e. The first-order chi connectivity index (χ1) is 6.74. The Morgan fingerprint density at radius 1 is 1.50 bits per heavy atom. The van der Waals surface area contributed by atoms with Gasteiger partial charge in [-0.25, -0.2) is 9.69 Å². The van der Waals surface area contributed by atoms with E-state index in [1.54, 1.807) is 11.8 Å². The lowest BCUT2D eigenvalue weighted by molar-refractivity contribution is -0.198. The van der Waals surface area contributed by atoms with Gasteiger partial charge in [0.2, 0.25) is 6.41 Å². The molecule has 0 bridgehead atoms. The van der Waals surface area contributed by atoms with E-state index in [0.29, 0.717) is 19.7 Å². The van der Waals surface area contributed by atoms with Crippen LogP contribution in [0.2, 0.25) is 0 Å². The molecule has 1 aliphatic heterocycles. The summed E-state index contributed by atoms with van der Waals surface area (Å²) in [6.45, 7) is 3.50. The maximum absolute atomic E-state index is 10.7. The first-order valence-electron chi connectivity index (χ1n) is 4.57. The van der Waals surface area contributed by atoms with E-state index in [1.807, 2.05) is 0 Å². The molecule has 1 saturated heterocycles. The fourth-order valence-electron chi connectivity index (χ4n) is 1.12. The van der Waals surface area contributed by atoms with Crippen LogP contribution < -0.4 is 0 Å². The van der Waals surface area contributed by atoms with Crippen molar-refractivity contribution in [1.29, 1.82) is 0 Å². The van der Waals surface area contributed by atoms with Crippen molar-refractivity contribution >= 4 is 6.16 Å². The molecule has 1 atom stereocenters. The van der Waals surface area contributed by atoms with E-state index in [4.69, 9.17) is 4.74 Å². The zero-order valence-electron chi connectivity index (χ0n) is 8.14. The molecule has 6 heteroatoms. The van der Waals surface area contributed by atoms with Crippen LogP contribution >= 0.6 is 0 Å². The summed E-state index contributed by atoms with van der Waals surface area (Å²) in [6, 6.07) is 0. The van der Waals surface area contributed by atoms with Crippen LogP contribution in [0, 0.1) is 0 Å². The summed E-state index contributed by atoms with van der Waals surface area (Å²) >= 11 is 0. The highest BCUT2D eigenvalue weighted by atomic mass is 16.7. The number of aliphatic hydroxyl groups is 1. The van der Waals surface area contributed by atoms with Crippen LogP contribution in [0.15, 0.2) is 0 Å². The maximum atomic E-state index is 10.7. The fourth-order valence-corrected chi connectivity index (χ4v) is 1.12. The third-order valence-corrected chi connectivity index (χ3v) is 1.82. The minimum atomic E-state index is -0.958. The van der Waals surface area contributed by atoms with Crippen LogP contribution in [0.4, 0.5) is 4.79 Å². The number of rotatable bonds is 3. The Labute approximate surface area is 82.3 Å². The molecule has 0 spiro atoms. The average molecular weight is 205 g/mol. The minimum absolute atomic E-state index is 0.197. The van der Waals surface area contributed by atoms with Gasteiger partial charge in [0.15, 0.2) is 0 Å². The summed E-state index contributed by atoms with van der Waals surface area (Å²) in [4.78, 5) is 12.3. The number of hydrogen-bond acceptors (Lipinski definition) is 6. The van der Waals surface area contributed by atoms with Crippen molar-refractivity contribution in [3.05, 3.63) is 0 Å². The SMILES string of the molecule is CCOC(O)N1CCOC(=O)OCC1. The maximum Gasteiger partial charge on any atom is 0.508 e. The number of aliphatic hydroxyl groups excluding tert-OH is 1. The molecule has 1 N–H and O–H groups in total. The smallest absolute Gasteiger partial charge is 0.433 e. The third kappa shape index (κ3) is 3.49. The summed E-state index contributed by atoms with van der Waals surface area (Å²) in [7, 11) is 0.